The summed E-state index contributed by atoms with van der Waals surface area (Å²) in [4.78, 5) is 24.8. The fourth-order valence-electron chi connectivity index (χ4n) is 3.85. The zero-order chi connectivity index (χ0) is 22.7. The number of methoxy groups -OCH3 is 1. The zero-order valence-corrected chi connectivity index (χ0v) is 18.6. The number of fused-ring (bicyclic) bond motifs is 1. The Kier molecular flexibility index (Phi) is 6.33. The van der Waals surface area contributed by atoms with Gasteiger partial charge < -0.3 is 14.5 Å². The minimum absolute atomic E-state index is 0.00427. The van der Waals surface area contributed by atoms with Crippen molar-refractivity contribution in [3.63, 3.8) is 0 Å². The van der Waals surface area contributed by atoms with Crippen molar-refractivity contribution in [1.29, 1.82) is 0 Å². The molecule has 0 aliphatic carbocycles. The lowest BCUT2D eigenvalue weighted by molar-refractivity contribution is -0.116. The Morgan fingerprint density at radius 1 is 1.12 bits per heavy atom. The first-order valence-corrected chi connectivity index (χ1v) is 11.9. The molecule has 0 atom stereocenters. The van der Waals surface area contributed by atoms with Crippen LogP contribution >= 0.6 is 0 Å². The number of nitrogens with one attached hydrogen (secondary N) is 1. The predicted molar refractivity (Wildman–Crippen MR) is 119 cm³/mol. The molecule has 1 saturated heterocycles. The van der Waals surface area contributed by atoms with E-state index < -0.39 is 15.8 Å². The Hall–Kier alpha value is -3.11. The molecule has 0 spiro atoms. The van der Waals surface area contributed by atoms with Crippen LogP contribution in [0.2, 0.25) is 0 Å². The highest BCUT2D eigenvalue weighted by molar-refractivity contribution is 7.89. The normalized spacial score (nSPS) is 15.0. The van der Waals surface area contributed by atoms with Crippen molar-refractivity contribution in [3.8, 4) is 5.75 Å². The van der Waals surface area contributed by atoms with Crippen LogP contribution in [0.5, 0.6) is 5.75 Å². The summed E-state index contributed by atoms with van der Waals surface area (Å²) in [6, 6.07) is 11.4. The highest BCUT2D eigenvalue weighted by atomic mass is 32.2. The molecule has 1 fully saturated rings. The van der Waals surface area contributed by atoms with E-state index in [0.717, 1.165) is 19.3 Å². The quantitative estimate of drug-likeness (QED) is 0.582. The Morgan fingerprint density at radius 3 is 2.62 bits per heavy atom. The SMILES string of the molecule is COc1ccc(S(=O)(=O)N2CCCCC2)cc1NC(=O)CCn1c(=O)oc2ccccc21. The molecule has 170 valence electrons. The minimum Gasteiger partial charge on any atom is -0.495 e. The molecular weight excluding hydrogens is 434 g/mol. The molecule has 4 rings (SSSR count). The van der Waals surface area contributed by atoms with E-state index in [4.69, 9.17) is 9.15 Å². The van der Waals surface area contributed by atoms with Gasteiger partial charge in [0, 0.05) is 26.1 Å². The van der Waals surface area contributed by atoms with Gasteiger partial charge in [-0.05, 0) is 43.2 Å². The lowest BCUT2D eigenvalue weighted by Crippen LogP contribution is -2.35. The van der Waals surface area contributed by atoms with E-state index in [0.29, 0.717) is 29.9 Å². The number of oxazole rings is 1. The number of carbonyl (C=O) groups excluding carboxylic acids is 1. The summed E-state index contributed by atoms with van der Waals surface area (Å²) < 4.78 is 39.3. The van der Waals surface area contributed by atoms with Gasteiger partial charge >= 0.3 is 5.76 Å². The summed E-state index contributed by atoms with van der Waals surface area (Å²) in [5, 5.41) is 2.71. The standard InChI is InChI=1S/C22H25N3O6S/c1-30-19-10-9-16(32(28,29)24-12-5-2-6-13-24)15-17(19)23-21(26)11-14-25-18-7-3-4-8-20(18)31-22(25)27/h3-4,7-10,15H,2,5-6,11-14H2,1H3,(H,23,26). The predicted octanol–water partition coefficient (Wildman–Crippen LogP) is 2.81. The number of para-hydroxylation sites is 2. The first-order chi connectivity index (χ1) is 15.4. The number of aryl methyl sites for hydroxylation is 1. The van der Waals surface area contributed by atoms with Gasteiger partial charge in [-0.1, -0.05) is 18.6 Å². The number of piperidine rings is 1. The first kappa shape index (κ1) is 22.1. The van der Waals surface area contributed by atoms with Crippen molar-refractivity contribution >= 4 is 32.7 Å². The van der Waals surface area contributed by atoms with Gasteiger partial charge in [0.15, 0.2) is 5.58 Å². The maximum absolute atomic E-state index is 13.0. The van der Waals surface area contributed by atoms with Crippen molar-refractivity contribution in [1.82, 2.24) is 8.87 Å². The summed E-state index contributed by atoms with van der Waals surface area (Å²) in [5.74, 6) is -0.568. The molecular formula is C22H25N3O6S. The third-order valence-corrected chi connectivity index (χ3v) is 7.43. The Labute approximate surface area is 185 Å². The van der Waals surface area contributed by atoms with Gasteiger partial charge in [-0.25, -0.2) is 13.2 Å². The van der Waals surface area contributed by atoms with E-state index in [-0.39, 0.29) is 29.5 Å². The number of ether oxygens (including phenoxy) is 1. The minimum atomic E-state index is -3.65. The molecule has 1 aliphatic heterocycles. The molecule has 10 heteroatoms. The number of amides is 1. The van der Waals surface area contributed by atoms with E-state index in [9.17, 15) is 18.0 Å². The van der Waals surface area contributed by atoms with Crippen LogP contribution in [0, 0.1) is 0 Å². The summed E-state index contributed by atoms with van der Waals surface area (Å²) in [6.07, 6.45) is 2.68. The van der Waals surface area contributed by atoms with Crippen LogP contribution in [0.1, 0.15) is 25.7 Å². The molecule has 1 aromatic heterocycles. The second-order valence-corrected chi connectivity index (χ2v) is 9.55. The highest BCUT2D eigenvalue weighted by Gasteiger charge is 2.27. The largest absolute Gasteiger partial charge is 0.495 e. The number of sulfonamides is 1. The van der Waals surface area contributed by atoms with Gasteiger partial charge in [0.05, 0.1) is 23.2 Å². The summed E-state index contributed by atoms with van der Waals surface area (Å²) in [5.41, 5.74) is 1.33. The second-order valence-electron chi connectivity index (χ2n) is 7.61. The number of hydrogen-bond acceptors (Lipinski definition) is 6. The fraction of sp³-hybridized carbons (Fsp3) is 0.364. The van der Waals surface area contributed by atoms with Crippen LogP contribution in [0.4, 0.5) is 5.69 Å². The van der Waals surface area contributed by atoms with Crippen molar-refractivity contribution in [2.75, 3.05) is 25.5 Å². The van der Waals surface area contributed by atoms with E-state index in [2.05, 4.69) is 5.32 Å². The maximum atomic E-state index is 13.0. The Bertz CT molecular complexity index is 1290. The fourth-order valence-corrected chi connectivity index (χ4v) is 5.40. The molecule has 0 bridgehead atoms. The van der Waals surface area contributed by atoms with E-state index in [1.165, 1.54) is 34.2 Å². The average molecular weight is 460 g/mol. The highest BCUT2D eigenvalue weighted by Crippen LogP contribution is 2.30. The van der Waals surface area contributed by atoms with Gasteiger partial charge in [-0.2, -0.15) is 4.31 Å². The van der Waals surface area contributed by atoms with Crippen LogP contribution in [-0.2, 0) is 21.4 Å². The van der Waals surface area contributed by atoms with Crippen molar-refractivity contribution in [2.45, 2.75) is 37.1 Å². The van der Waals surface area contributed by atoms with Crippen LogP contribution in [0.15, 0.2) is 56.6 Å². The monoisotopic (exact) mass is 459 g/mol. The lowest BCUT2D eigenvalue weighted by Gasteiger charge is -2.26. The first-order valence-electron chi connectivity index (χ1n) is 10.5. The topological polar surface area (TPSA) is 111 Å². The van der Waals surface area contributed by atoms with E-state index >= 15 is 0 Å². The van der Waals surface area contributed by atoms with Crippen molar-refractivity contribution in [3.05, 3.63) is 53.0 Å². The summed E-state index contributed by atoms with van der Waals surface area (Å²) in [7, 11) is -2.21. The molecule has 2 heterocycles. The van der Waals surface area contributed by atoms with Gasteiger partial charge in [-0.3, -0.25) is 9.36 Å². The van der Waals surface area contributed by atoms with Crippen molar-refractivity contribution in [2.24, 2.45) is 0 Å². The average Bonchev–Trinajstić information content (AvgIpc) is 3.13. The third kappa shape index (κ3) is 4.42. The number of benzene rings is 2. The van der Waals surface area contributed by atoms with Gasteiger partial charge in [0.1, 0.15) is 5.75 Å². The summed E-state index contributed by atoms with van der Waals surface area (Å²) in [6.45, 7) is 1.10. The van der Waals surface area contributed by atoms with Crippen LogP contribution in [0.3, 0.4) is 0 Å². The van der Waals surface area contributed by atoms with E-state index in [1.54, 1.807) is 24.3 Å². The smallest absolute Gasteiger partial charge is 0.419 e. The number of anilines is 1. The Morgan fingerprint density at radius 2 is 1.88 bits per heavy atom. The van der Waals surface area contributed by atoms with Crippen LogP contribution in [0.25, 0.3) is 11.1 Å². The van der Waals surface area contributed by atoms with Crippen molar-refractivity contribution < 1.29 is 22.4 Å². The molecule has 0 saturated carbocycles. The molecule has 9 nitrogen and oxygen atoms in total. The van der Waals surface area contributed by atoms with Crippen LogP contribution < -0.4 is 15.8 Å². The molecule has 1 aliphatic rings. The van der Waals surface area contributed by atoms with Gasteiger partial charge in [-0.15, -0.1) is 0 Å². The molecule has 0 unspecified atom stereocenters. The number of rotatable bonds is 7. The summed E-state index contributed by atoms with van der Waals surface area (Å²) >= 11 is 0. The lowest BCUT2D eigenvalue weighted by atomic mass is 10.2. The Balaban J connectivity index is 1.51. The molecule has 3 aromatic rings. The van der Waals surface area contributed by atoms with Crippen LogP contribution in [-0.4, -0.2) is 43.4 Å². The number of hydrogen-bond donors (Lipinski definition) is 1. The molecule has 1 N–H and O–H groups in total. The second kappa shape index (κ2) is 9.17. The number of carbonyl (C=O) groups is 1. The van der Waals surface area contributed by atoms with Gasteiger partial charge in [0.2, 0.25) is 15.9 Å². The molecule has 32 heavy (non-hydrogen) atoms. The zero-order valence-electron chi connectivity index (χ0n) is 17.7. The number of aromatic nitrogens is 1. The molecule has 1 amide bonds. The molecule has 0 radical (unpaired) electrons. The van der Waals surface area contributed by atoms with E-state index in [1.807, 2.05) is 0 Å². The maximum Gasteiger partial charge on any atom is 0.419 e. The number of nitrogens with zero attached hydrogens (tertiary/aromatic N) is 2. The third-order valence-electron chi connectivity index (χ3n) is 5.53. The molecule has 2 aromatic carbocycles. The van der Waals surface area contributed by atoms with Gasteiger partial charge in [0.25, 0.3) is 0 Å².